The van der Waals surface area contributed by atoms with Crippen LogP contribution in [-0.4, -0.2) is 70.5 Å². The first-order chi connectivity index (χ1) is 8.88. The second-order valence-electron chi connectivity index (χ2n) is 6.71. The Bertz CT molecular complexity index is 187. The standard InChI is InChI=1S/2C7H16N.C2H5.In/c2*1-5-6-8(4)7(2)3;1-2;/h2*7H,1,5-6H2,2-4H3;1H2,2H3;. The van der Waals surface area contributed by atoms with Crippen LogP contribution < -0.4 is 0 Å². The van der Waals surface area contributed by atoms with Gasteiger partial charge in [-0.1, -0.05) is 0 Å². The van der Waals surface area contributed by atoms with Gasteiger partial charge in [-0.3, -0.25) is 0 Å². The van der Waals surface area contributed by atoms with Crippen LogP contribution in [0.5, 0.6) is 0 Å². The summed E-state index contributed by atoms with van der Waals surface area (Å²) in [5.41, 5.74) is 0. The molecule has 19 heavy (non-hydrogen) atoms. The van der Waals surface area contributed by atoms with E-state index < -0.39 is 21.4 Å². The second-order valence-corrected chi connectivity index (χ2v) is 17.3. The molecule has 0 N–H and O–H groups in total. The normalized spacial score (nSPS) is 12.2. The summed E-state index contributed by atoms with van der Waals surface area (Å²) in [5.74, 6) is 0. The van der Waals surface area contributed by atoms with Crippen LogP contribution in [0.3, 0.4) is 0 Å². The molecule has 0 fully saturated rings. The van der Waals surface area contributed by atoms with E-state index in [1.807, 2.05) is 0 Å². The predicted molar refractivity (Wildman–Crippen MR) is 90.6 cm³/mol. The van der Waals surface area contributed by atoms with E-state index >= 15 is 0 Å². The average Bonchev–Trinajstić information content (AvgIpc) is 2.35. The molecule has 0 amide bonds. The Balaban J connectivity index is 3.72. The Morgan fingerprint density at radius 1 is 0.789 bits per heavy atom. The third-order valence-electron chi connectivity index (χ3n) is 4.59. The summed E-state index contributed by atoms with van der Waals surface area (Å²) < 4.78 is 4.78. The van der Waals surface area contributed by atoms with Gasteiger partial charge in [-0.05, 0) is 0 Å². The van der Waals surface area contributed by atoms with Crippen molar-refractivity contribution >= 4 is 21.4 Å². The molecule has 0 unspecified atom stereocenters. The molecular weight excluding hydrogens is 335 g/mol. The van der Waals surface area contributed by atoms with Crippen LogP contribution in [-0.2, 0) is 0 Å². The van der Waals surface area contributed by atoms with E-state index in [4.69, 9.17) is 0 Å². The summed E-state index contributed by atoms with van der Waals surface area (Å²) in [6.07, 6.45) is 2.90. The van der Waals surface area contributed by atoms with Crippen LogP contribution in [0, 0.1) is 0 Å². The molecule has 0 aromatic rings. The zero-order valence-corrected chi connectivity index (χ0v) is 17.9. The maximum absolute atomic E-state index is 2.49. The fourth-order valence-corrected chi connectivity index (χ4v) is 9.82. The zero-order chi connectivity index (χ0) is 14.8. The summed E-state index contributed by atoms with van der Waals surface area (Å²) in [6, 6.07) is 1.41. The van der Waals surface area contributed by atoms with Crippen LogP contribution in [0.1, 0.15) is 47.5 Å². The molecule has 0 aromatic carbocycles. The van der Waals surface area contributed by atoms with Crippen molar-refractivity contribution in [1.82, 2.24) is 9.80 Å². The van der Waals surface area contributed by atoms with Crippen molar-refractivity contribution in [3.63, 3.8) is 0 Å². The quantitative estimate of drug-likeness (QED) is 0.542. The van der Waals surface area contributed by atoms with E-state index in [1.54, 1.807) is 12.5 Å². The van der Waals surface area contributed by atoms with E-state index in [-0.39, 0.29) is 0 Å². The van der Waals surface area contributed by atoms with Crippen molar-refractivity contribution in [1.29, 1.82) is 0 Å². The van der Waals surface area contributed by atoms with Gasteiger partial charge in [0.2, 0.25) is 0 Å². The van der Waals surface area contributed by atoms with Crippen molar-refractivity contribution in [3.05, 3.63) is 0 Å². The molecular formula is C16H37InN2. The monoisotopic (exact) mass is 372 g/mol. The fraction of sp³-hybridized carbons (Fsp3) is 1.00. The van der Waals surface area contributed by atoms with Crippen LogP contribution in [0.15, 0.2) is 0 Å². The maximum atomic E-state index is 2.49. The molecule has 0 aliphatic rings. The molecule has 2 nitrogen and oxygen atoms in total. The van der Waals surface area contributed by atoms with E-state index in [0.717, 1.165) is 0 Å². The molecule has 0 aliphatic carbocycles. The summed E-state index contributed by atoms with van der Waals surface area (Å²) in [4.78, 5) is 4.98. The zero-order valence-electron chi connectivity index (χ0n) is 14.6. The van der Waals surface area contributed by atoms with Gasteiger partial charge in [0.25, 0.3) is 0 Å². The van der Waals surface area contributed by atoms with Gasteiger partial charge in [-0.2, -0.15) is 0 Å². The van der Waals surface area contributed by atoms with Crippen LogP contribution in [0.4, 0.5) is 0 Å². The Kier molecular flexibility index (Phi) is 11.9. The first-order valence-electron chi connectivity index (χ1n) is 8.28. The first-order valence-corrected chi connectivity index (χ1v) is 15.3. The van der Waals surface area contributed by atoms with E-state index in [9.17, 15) is 0 Å². The molecule has 0 aromatic heterocycles. The van der Waals surface area contributed by atoms with Crippen molar-refractivity contribution in [2.24, 2.45) is 0 Å². The van der Waals surface area contributed by atoms with Crippen LogP contribution in [0.25, 0.3) is 0 Å². The molecule has 0 atom stereocenters. The third-order valence-corrected chi connectivity index (χ3v) is 14.9. The van der Waals surface area contributed by atoms with E-state index in [0.29, 0.717) is 12.1 Å². The van der Waals surface area contributed by atoms with Gasteiger partial charge in [0.05, 0.1) is 0 Å². The number of hydrogen-bond donors (Lipinski definition) is 0. The molecule has 0 saturated heterocycles. The Hall–Kier alpha value is 0.790. The first kappa shape index (κ1) is 19.8. The molecule has 0 aliphatic heterocycles. The van der Waals surface area contributed by atoms with Crippen molar-refractivity contribution in [2.75, 3.05) is 27.2 Å². The van der Waals surface area contributed by atoms with Crippen LogP contribution in [0.2, 0.25) is 12.5 Å². The second kappa shape index (κ2) is 11.4. The summed E-state index contributed by atoms with van der Waals surface area (Å²) >= 11 is -1.15. The Morgan fingerprint density at radius 2 is 1.16 bits per heavy atom. The van der Waals surface area contributed by atoms with Gasteiger partial charge in [-0.25, -0.2) is 0 Å². The molecule has 3 heteroatoms. The average molecular weight is 372 g/mol. The van der Waals surface area contributed by atoms with Crippen molar-refractivity contribution in [2.45, 2.75) is 72.1 Å². The van der Waals surface area contributed by atoms with Crippen molar-refractivity contribution in [3.8, 4) is 0 Å². The number of hydrogen-bond acceptors (Lipinski definition) is 2. The van der Waals surface area contributed by atoms with Gasteiger partial charge in [-0.15, -0.1) is 0 Å². The molecule has 0 saturated carbocycles. The van der Waals surface area contributed by atoms with Gasteiger partial charge < -0.3 is 0 Å². The minimum absolute atomic E-state index is 0.704. The number of rotatable bonds is 11. The molecule has 0 rings (SSSR count). The van der Waals surface area contributed by atoms with E-state index in [1.165, 1.54) is 25.9 Å². The van der Waals surface area contributed by atoms with Crippen LogP contribution >= 0.6 is 0 Å². The number of nitrogens with zero attached hydrogens (tertiary/aromatic N) is 2. The summed E-state index contributed by atoms with van der Waals surface area (Å²) in [6.45, 7) is 14.2. The van der Waals surface area contributed by atoms with Gasteiger partial charge >= 0.3 is 130 Å². The third kappa shape index (κ3) is 10.2. The van der Waals surface area contributed by atoms with Crippen molar-refractivity contribution < 1.29 is 0 Å². The SMILES string of the molecule is C[CH2][In]([CH2]CCN(C)C(C)C)[CH2]CCN(C)C(C)C. The van der Waals surface area contributed by atoms with Gasteiger partial charge in [0.15, 0.2) is 0 Å². The summed E-state index contributed by atoms with van der Waals surface area (Å²) in [7, 11) is 4.53. The Morgan fingerprint density at radius 3 is 1.42 bits per heavy atom. The fourth-order valence-electron chi connectivity index (χ4n) is 2.33. The van der Waals surface area contributed by atoms with Gasteiger partial charge in [0.1, 0.15) is 0 Å². The Labute approximate surface area is 130 Å². The molecule has 0 heterocycles. The van der Waals surface area contributed by atoms with Gasteiger partial charge in [0, 0.05) is 0 Å². The minimum atomic E-state index is -1.15. The van der Waals surface area contributed by atoms with E-state index in [2.05, 4.69) is 58.5 Å². The molecule has 0 bridgehead atoms. The summed E-state index contributed by atoms with van der Waals surface area (Å²) in [5, 5.41) is 0. The predicted octanol–water partition coefficient (Wildman–Crippen LogP) is 3.96. The molecule has 114 valence electrons. The topological polar surface area (TPSA) is 6.48 Å². The molecule has 0 radical (unpaired) electrons. The molecule has 0 spiro atoms.